The molecule has 1 aromatic heterocycles. The summed E-state index contributed by atoms with van der Waals surface area (Å²) in [4.78, 5) is 4.29. The van der Waals surface area contributed by atoms with Gasteiger partial charge in [0, 0.05) is 11.3 Å². The van der Waals surface area contributed by atoms with Gasteiger partial charge in [0.1, 0.15) is 5.82 Å². The summed E-state index contributed by atoms with van der Waals surface area (Å²) in [5.74, 6) is -0.285. The van der Waals surface area contributed by atoms with Crippen LogP contribution in [0.2, 0.25) is 5.02 Å². The highest BCUT2D eigenvalue weighted by atomic mass is 35.5. The molecule has 0 saturated carbocycles. The summed E-state index contributed by atoms with van der Waals surface area (Å²) < 4.78 is 13.0. The number of aryl methyl sites for hydroxylation is 1. The first-order valence-electron chi connectivity index (χ1n) is 4.56. The molecule has 1 nitrogen and oxygen atoms in total. The zero-order valence-electron chi connectivity index (χ0n) is 8.17. The van der Waals surface area contributed by atoms with Crippen LogP contribution in [0.5, 0.6) is 0 Å². The van der Waals surface area contributed by atoms with Gasteiger partial charge in [-0.05, 0) is 31.2 Å². The molecule has 76 valence electrons. The molecule has 0 fully saturated rings. The van der Waals surface area contributed by atoms with Crippen LogP contribution in [0.25, 0.3) is 11.3 Å². The highest BCUT2D eigenvalue weighted by Gasteiger charge is 2.05. The molecular weight excluding hydrogens is 213 g/mol. The first-order chi connectivity index (χ1) is 7.16. The van der Waals surface area contributed by atoms with Crippen LogP contribution in [-0.2, 0) is 0 Å². The van der Waals surface area contributed by atoms with Crippen molar-refractivity contribution < 1.29 is 4.39 Å². The smallest absolute Gasteiger partial charge is 0.123 e. The van der Waals surface area contributed by atoms with Crippen LogP contribution in [-0.4, -0.2) is 4.98 Å². The van der Waals surface area contributed by atoms with Gasteiger partial charge in [-0.25, -0.2) is 4.39 Å². The van der Waals surface area contributed by atoms with Crippen molar-refractivity contribution in [2.24, 2.45) is 0 Å². The maximum atomic E-state index is 13.0. The van der Waals surface area contributed by atoms with E-state index in [1.54, 1.807) is 18.2 Å². The Morgan fingerprint density at radius 3 is 2.73 bits per heavy atom. The number of halogens is 2. The molecule has 0 amide bonds. The standard InChI is InChI=1S/C12H9ClFN/c1-8-5-6-11(13)12(15-8)9-3-2-4-10(14)7-9/h2-7H,1H3. The predicted octanol–water partition coefficient (Wildman–Crippen LogP) is 3.85. The Bertz CT molecular complexity index is 497. The summed E-state index contributed by atoms with van der Waals surface area (Å²) in [7, 11) is 0. The van der Waals surface area contributed by atoms with E-state index < -0.39 is 0 Å². The molecule has 0 radical (unpaired) electrons. The van der Waals surface area contributed by atoms with Crippen molar-refractivity contribution in [1.82, 2.24) is 4.98 Å². The summed E-state index contributed by atoms with van der Waals surface area (Å²) in [6.07, 6.45) is 0. The fraction of sp³-hybridized carbons (Fsp3) is 0.0833. The zero-order valence-corrected chi connectivity index (χ0v) is 8.92. The summed E-state index contributed by atoms with van der Waals surface area (Å²) in [6.45, 7) is 1.87. The highest BCUT2D eigenvalue weighted by Crippen LogP contribution is 2.26. The van der Waals surface area contributed by atoms with Crippen LogP contribution in [0.3, 0.4) is 0 Å². The molecule has 2 aromatic rings. The van der Waals surface area contributed by atoms with Gasteiger partial charge in [0.2, 0.25) is 0 Å². The molecule has 2 rings (SSSR count). The maximum absolute atomic E-state index is 13.0. The Kier molecular flexibility index (Phi) is 2.69. The van der Waals surface area contributed by atoms with Gasteiger partial charge >= 0.3 is 0 Å². The fourth-order valence-corrected chi connectivity index (χ4v) is 1.59. The minimum absolute atomic E-state index is 0.285. The third-order valence-corrected chi connectivity index (χ3v) is 2.39. The number of benzene rings is 1. The lowest BCUT2D eigenvalue weighted by Gasteiger charge is -2.04. The van der Waals surface area contributed by atoms with Gasteiger partial charge in [-0.2, -0.15) is 0 Å². The summed E-state index contributed by atoms with van der Waals surface area (Å²) in [6, 6.07) is 9.85. The minimum atomic E-state index is -0.285. The van der Waals surface area contributed by atoms with Gasteiger partial charge in [0.05, 0.1) is 10.7 Å². The SMILES string of the molecule is Cc1ccc(Cl)c(-c2cccc(F)c2)n1. The molecule has 1 heterocycles. The van der Waals surface area contributed by atoms with Gasteiger partial charge in [-0.3, -0.25) is 4.98 Å². The maximum Gasteiger partial charge on any atom is 0.123 e. The average Bonchev–Trinajstić information content (AvgIpc) is 2.22. The van der Waals surface area contributed by atoms with E-state index in [-0.39, 0.29) is 5.82 Å². The van der Waals surface area contributed by atoms with Gasteiger partial charge in [0.15, 0.2) is 0 Å². The average molecular weight is 222 g/mol. The second-order valence-electron chi connectivity index (χ2n) is 3.29. The molecule has 0 aliphatic heterocycles. The van der Waals surface area contributed by atoms with Crippen LogP contribution in [0.1, 0.15) is 5.69 Å². The van der Waals surface area contributed by atoms with Crippen molar-refractivity contribution in [3.8, 4) is 11.3 Å². The molecule has 0 saturated heterocycles. The number of nitrogens with zero attached hydrogens (tertiary/aromatic N) is 1. The molecule has 0 N–H and O–H groups in total. The van der Waals surface area contributed by atoms with E-state index in [1.165, 1.54) is 12.1 Å². The summed E-state index contributed by atoms with van der Waals surface area (Å²) >= 11 is 6.00. The quantitative estimate of drug-likeness (QED) is 0.713. The van der Waals surface area contributed by atoms with E-state index in [0.29, 0.717) is 16.3 Å². The van der Waals surface area contributed by atoms with Crippen LogP contribution in [0.15, 0.2) is 36.4 Å². The number of hydrogen-bond acceptors (Lipinski definition) is 1. The van der Waals surface area contributed by atoms with E-state index in [0.717, 1.165) is 5.69 Å². The van der Waals surface area contributed by atoms with Gasteiger partial charge in [-0.1, -0.05) is 23.7 Å². The van der Waals surface area contributed by atoms with Gasteiger partial charge in [0.25, 0.3) is 0 Å². The van der Waals surface area contributed by atoms with E-state index >= 15 is 0 Å². The van der Waals surface area contributed by atoms with Crippen LogP contribution in [0.4, 0.5) is 4.39 Å². The monoisotopic (exact) mass is 221 g/mol. The molecule has 0 bridgehead atoms. The van der Waals surface area contributed by atoms with Crippen LogP contribution < -0.4 is 0 Å². The van der Waals surface area contributed by atoms with Crippen molar-refractivity contribution in [3.63, 3.8) is 0 Å². The second kappa shape index (κ2) is 3.99. The molecule has 0 aliphatic carbocycles. The predicted molar refractivity (Wildman–Crippen MR) is 59.4 cm³/mol. The summed E-state index contributed by atoms with van der Waals surface area (Å²) in [5, 5.41) is 0.534. The second-order valence-corrected chi connectivity index (χ2v) is 3.70. The Morgan fingerprint density at radius 2 is 2.00 bits per heavy atom. The molecule has 0 aliphatic rings. The van der Waals surface area contributed by atoms with Crippen molar-refractivity contribution in [2.45, 2.75) is 6.92 Å². The molecule has 15 heavy (non-hydrogen) atoms. The lowest BCUT2D eigenvalue weighted by atomic mass is 10.1. The number of pyridine rings is 1. The van der Waals surface area contributed by atoms with E-state index in [9.17, 15) is 4.39 Å². The summed E-state index contributed by atoms with van der Waals surface area (Å²) in [5.41, 5.74) is 2.18. The van der Waals surface area contributed by atoms with Gasteiger partial charge < -0.3 is 0 Å². The molecule has 0 spiro atoms. The van der Waals surface area contributed by atoms with Gasteiger partial charge in [-0.15, -0.1) is 0 Å². The normalized spacial score (nSPS) is 10.3. The topological polar surface area (TPSA) is 12.9 Å². The number of hydrogen-bond donors (Lipinski definition) is 0. The first-order valence-corrected chi connectivity index (χ1v) is 4.94. The zero-order chi connectivity index (χ0) is 10.8. The highest BCUT2D eigenvalue weighted by molar-refractivity contribution is 6.33. The van der Waals surface area contributed by atoms with E-state index in [4.69, 9.17) is 11.6 Å². The lowest BCUT2D eigenvalue weighted by Crippen LogP contribution is -1.88. The molecule has 1 aromatic carbocycles. The van der Waals surface area contributed by atoms with Crippen LogP contribution >= 0.6 is 11.6 Å². The first kappa shape index (κ1) is 10.1. The Morgan fingerprint density at radius 1 is 1.20 bits per heavy atom. The lowest BCUT2D eigenvalue weighted by molar-refractivity contribution is 0.628. The largest absolute Gasteiger partial charge is 0.252 e. The molecular formula is C12H9ClFN. The van der Waals surface area contributed by atoms with E-state index in [2.05, 4.69) is 4.98 Å². The Hall–Kier alpha value is -1.41. The van der Waals surface area contributed by atoms with Crippen molar-refractivity contribution in [1.29, 1.82) is 0 Å². The third kappa shape index (κ3) is 2.16. The fourth-order valence-electron chi connectivity index (χ4n) is 1.38. The van der Waals surface area contributed by atoms with Crippen molar-refractivity contribution in [3.05, 3.63) is 52.9 Å². The van der Waals surface area contributed by atoms with Crippen molar-refractivity contribution >= 4 is 11.6 Å². The van der Waals surface area contributed by atoms with Crippen molar-refractivity contribution in [2.75, 3.05) is 0 Å². The number of aromatic nitrogens is 1. The van der Waals surface area contributed by atoms with E-state index in [1.807, 2.05) is 13.0 Å². The minimum Gasteiger partial charge on any atom is -0.252 e. The Balaban J connectivity index is 2.58. The Labute approximate surface area is 92.5 Å². The third-order valence-electron chi connectivity index (χ3n) is 2.08. The van der Waals surface area contributed by atoms with Crippen LogP contribution in [0, 0.1) is 12.7 Å². The number of rotatable bonds is 1. The molecule has 0 unspecified atom stereocenters. The molecule has 3 heteroatoms. The molecule has 0 atom stereocenters.